The Morgan fingerprint density at radius 3 is 2.61 bits per heavy atom. The Labute approximate surface area is 136 Å². The maximum absolute atomic E-state index is 10.6. The van der Waals surface area contributed by atoms with Gasteiger partial charge in [0.2, 0.25) is 0 Å². The fraction of sp³-hybridized carbons (Fsp3) is 0.462. The van der Waals surface area contributed by atoms with Crippen LogP contribution >= 0.6 is 12.2 Å². The Kier molecular flexibility index (Phi) is 5.80. The molecule has 0 spiro atoms. The fourth-order valence-corrected chi connectivity index (χ4v) is 2.17. The third-order valence-electron chi connectivity index (χ3n) is 3.14. The summed E-state index contributed by atoms with van der Waals surface area (Å²) in [7, 11) is 1.35. The van der Waals surface area contributed by atoms with Crippen LogP contribution in [0.5, 0.6) is 5.75 Å². The molecule has 10 heteroatoms. The third-order valence-corrected chi connectivity index (χ3v) is 3.32. The molecule has 1 aromatic carbocycles. The average Bonchev–Trinajstić information content (AvgIpc) is 2.52. The summed E-state index contributed by atoms with van der Waals surface area (Å²) in [6.07, 6.45) is -4.42. The molecule has 23 heavy (non-hydrogen) atoms. The standard InChI is InChI=1S/C13H15NO8S/c1-19-12-11(10(16)9(15)6-20-12)22-13(23)21-8-4-2-7(3-5-8)14(17)18/h2-5,9-12,15-16H,6H2,1H3/t9-,10+,11-,12+/m1/s1. The summed E-state index contributed by atoms with van der Waals surface area (Å²) < 4.78 is 20.7. The molecule has 1 fully saturated rings. The van der Waals surface area contributed by atoms with Gasteiger partial charge in [0.15, 0.2) is 12.4 Å². The van der Waals surface area contributed by atoms with Gasteiger partial charge in [0.1, 0.15) is 18.0 Å². The van der Waals surface area contributed by atoms with Gasteiger partial charge in [-0.05, 0) is 12.1 Å². The summed E-state index contributed by atoms with van der Waals surface area (Å²) >= 11 is 4.91. The van der Waals surface area contributed by atoms with Gasteiger partial charge in [-0.2, -0.15) is 0 Å². The van der Waals surface area contributed by atoms with Crippen molar-refractivity contribution in [3.05, 3.63) is 34.4 Å². The van der Waals surface area contributed by atoms with E-state index in [-0.39, 0.29) is 23.3 Å². The Bertz CT molecular complexity index is 564. The van der Waals surface area contributed by atoms with Gasteiger partial charge in [0, 0.05) is 31.5 Å². The van der Waals surface area contributed by atoms with E-state index < -0.39 is 29.5 Å². The summed E-state index contributed by atoms with van der Waals surface area (Å²) in [5.41, 5.74) is -0.0946. The molecule has 9 nitrogen and oxygen atoms in total. The zero-order valence-corrected chi connectivity index (χ0v) is 12.8. The molecule has 0 bridgehead atoms. The number of aliphatic hydroxyl groups excluding tert-OH is 2. The lowest BCUT2D eigenvalue weighted by atomic mass is 10.1. The van der Waals surface area contributed by atoms with Crippen molar-refractivity contribution in [2.75, 3.05) is 13.7 Å². The second kappa shape index (κ2) is 7.62. The first kappa shape index (κ1) is 17.5. The van der Waals surface area contributed by atoms with Gasteiger partial charge in [0.05, 0.1) is 11.5 Å². The Balaban J connectivity index is 1.98. The quantitative estimate of drug-likeness (QED) is 0.453. The van der Waals surface area contributed by atoms with Gasteiger partial charge < -0.3 is 29.2 Å². The minimum atomic E-state index is -1.27. The molecule has 0 aliphatic carbocycles. The minimum absolute atomic E-state index is 0.0946. The first-order valence-electron chi connectivity index (χ1n) is 6.56. The number of benzene rings is 1. The summed E-state index contributed by atoms with van der Waals surface area (Å²) in [4.78, 5) is 10.0. The van der Waals surface area contributed by atoms with Crippen LogP contribution in [0.3, 0.4) is 0 Å². The number of rotatable bonds is 4. The van der Waals surface area contributed by atoms with E-state index in [4.69, 9.17) is 31.2 Å². The fourth-order valence-electron chi connectivity index (χ4n) is 1.96. The molecule has 0 saturated carbocycles. The highest BCUT2D eigenvalue weighted by atomic mass is 32.1. The van der Waals surface area contributed by atoms with E-state index in [1.807, 2.05) is 0 Å². The molecule has 1 aromatic rings. The number of aliphatic hydroxyl groups is 2. The monoisotopic (exact) mass is 345 g/mol. The minimum Gasteiger partial charge on any atom is -0.445 e. The molecule has 2 N–H and O–H groups in total. The molecular weight excluding hydrogens is 330 g/mol. The predicted octanol–water partition coefficient (Wildman–Crippen LogP) is 0.368. The lowest BCUT2D eigenvalue weighted by Crippen LogP contribution is -2.55. The first-order chi connectivity index (χ1) is 10.9. The molecule has 0 aromatic heterocycles. The van der Waals surface area contributed by atoms with Gasteiger partial charge in [-0.25, -0.2) is 0 Å². The number of nitro benzene ring substituents is 1. The Morgan fingerprint density at radius 2 is 2.04 bits per heavy atom. The van der Waals surface area contributed by atoms with E-state index in [0.29, 0.717) is 0 Å². The molecule has 4 atom stereocenters. The van der Waals surface area contributed by atoms with Crippen LogP contribution in [-0.4, -0.2) is 58.7 Å². The van der Waals surface area contributed by atoms with Gasteiger partial charge in [-0.1, -0.05) is 0 Å². The normalized spacial score (nSPS) is 27.3. The van der Waals surface area contributed by atoms with Crippen LogP contribution in [0, 0.1) is 10.1 Å². The van der Waals surface area contributed by atoms with Crippen molar-refractivity contribution in [1.82, 2.24) is 0 Å². The van der Waals surface area contributed by atoms with Gasteiger partial charge >= 0.3 is 5.24 Å². The second-order valence-corrected chi connectivity index (χ2v) is 5.01. The number of hydrogen-bond acceptors (Lipinski definition) is 9. The number of thiocarbonyl (C=S) groups is 1. The van der Waals surface area contributed by atoms with E-state index in [0.717, 1.165) is 0 Å². The van der Waals surface area contributed by atoms with Crippen LogP contribution in [0.15, 0.2) is 24.3 Å². The van der Waals surface area contributed by atoms with Crippen molar-refractivity contribution in [3.63, 3.8) is 0 Å². The lowest BCUT2D eigenvalue weighted by molar-refractivity contribution is -0.384. The summed E-state index contributed by atoms with van der Waals surface area (Å²) in [6.45, 7) is -0.102. The van der Waals surface area contributed by atoms with Crippen LogP contribution < -0.4 is 4.74 Å². The van der Waals surface area contributed by atoms with Gasteiger partial charge in [-0.15, -0.1) is 0 Å². The van der Waals surface area contributed by atoms with E-state index in [1.165, 1.54) is 31.4 Å². The molecule has 0 radical (unpaired) electrons. The third kappa shape index (κ3) is 4.33. The van der Waals surface area contributed by atoms with Crippen LogP contribution in [0.4, 0.5) is 5.69 Å². The summed E-state index contributed by atoms with van der Waals surface area (Å²) in [5.74, 6) is 0.223. The van der Waals surface area contributed by atoms with E-state index in [2.05, 4.69) is 0 Å². The molecule has 0 amide bonds. The number of methoxy groups -OCH3 is 1. The largest absolute Gasteiger partial charge is 0.445 e. The number of hydrogen-bond donors (Lipinski definition) is 2. The highest BCUT2D eigenvalue weighted by Crippen LogP contribution is 2.22. The summed E-state index contributed by atoms with van der Waals surface area (Å²) in [6, 6.07) is 5.20. The topological polar surface area (TPSA) is 121 Å². The number of ether oxygens (including phenoxy) is 4. The van der Waals surface area contributed by atoms with Crippen molar-refractivity contribution in [2.45, 2.75) is 24.6 Å². The number of non-ortho nitro benzene ring substituents is 1. The van der Waals surface area contributed by atoms with E-state index in [9.17, 15) is 20.3 Å². The van der Waals surface area contributed by atoms with Crippen molar-refractivity contribution in [3.8, 4) is 5.75 Å². The second-order valence-electron chi connectivity index (χ2n) is 4.68. The molecule has 1 aliphatic rings. The van der Waals surface area contributed by atoms with Gasteiger partial charge in [0.25, 0.3) is 5.69 Å². The number of nitro groups is 1. The molecule has 0 unspecified atom stereocenters. The maximum Gasteiger partial charge on any atom is 0.358 e. The van der Waals surface area contributed by atoms with Gasteiger partial charge in [-0.3, -0.25) is 10.1 Å². The predicted molar refractivity (Wildman–Crippen MR) is 80.0 cm³/mol. The Morgan fingerprint density at radius 1 is 1.39 bits per heavy atom. The van der Waals surface area contributed by atoms with Crippen LogP contribution in [0.2, 0.25) is 0 Å². The molecule has 1 saturated heterocycles. The van der Waals surface area contributed by atoms with E-state index >= 15 is 0 Å². The molecule has 1 heterocycles. The molecule has 1 aliphatic heterocycles. The number of nitrogens with zero attached hydrogens (tertiary/aromatic N) is 1. The molecule has 126 valence electrons. The van der Waals surface area contributed by atoms with Crippen molar-refractivity contribution in [1.29, 1.82) is 0 Å². The van der Waals surface area contributed by atoms with Crippen LogP contribution in [0.25, 0.3) is 0 Å². The lowest BCUT2D eigenvalue weighted by Gasteiger charge is -2.36. The smallest absolute Gasteiger partial charge is 0.358 e. The van der Waals surface area contributed by atoms with Crippen molar-refractivity contribution >= 4 is 23.1 Å². The highest BCUT2D eigenvalue weighted by molar-refractivity contribution is 7.79. The maximum atomic E-state index is 10.6. The Hall–Kier alpha value is -1.85. The van der Waals surface area contributed by atoms with Crippen molar-refractivity contribution in [2.24, 2.45) is 0 Å². The SMILES string of the molecule is CO[C@H]1OC[C@@H](O)[C@H](O)[C@H]1OC(=S)Oc1ccc([N+](=O)[O-])cc1. The molecule has 2 rings (SSSR count). The van der Waals surface area contributed by atoms with Crippen LogP contribution in [-0.2, 0) is 14.2 Å². The van der Waals surface area contributed by atoms with Crippen LogP contribution in [0.1, 0.15) is 0 Å². The van der Waals surface area contributed by atoms with Crippen molar-refractivity contribution < 1.29 is 34.1 Å². The summed E-state index contributed by atoms with van der Waals surface area (Å²) in [5, 5.41) is 29.7. The zero-order valence-electron chi connectivity index (χ0n) is 12.0. The zero-order chi connectivity index (χ0) is 17.0. The van der Waals surface area contributed by atoms with E-state index in [1.54, 1.807) is 0 Å². The average molecular weight is 345 g/mol. The molecular formula is C13H15NO8S. The highest BCUT2D eigenvalue weighted by Gasteiger charge is 2.41. The first-order valence-corrected chi connectivity index (χ1v) is 6.96.